The van der Waals surface area contributed by atoms with Crippen LogP contribution in [0.2, 0.25) is 0 Å². The van der Waals surface area contributed by atoms with Gasteiger partial charge in [0.2, 0.25) is 0 Å². The van der Waals surface area contributed by atoms with Crippen molar-refractivity contribution in [3.05, 3.63) is 100 Å². The number of benzene rings is 3. The number of hydrogen-bond donors (Lipinski definition) is 0. The summed E-state index contributed by atoms with van der Waals surface area (Å²) in [6, 6.07) is 27.8. The van der Waals surface area contributed by atoms with Crippen molar-refractivity contribution in [1.82, 2.24) is 4.90 Å². The van der Waals surface area contributed by atoms with Crippen LogP contribution >= 0.6 is 15.9 Å². The third-order valence-electron chi connectivity index (χ3n) is 4.96. The minimum Gasteiger partial charge on any atom is -0.492 e. The van der Waals surface area contributed by atoms with Crippen LogP contribution in [-0.2, 0) is 12.8 Å². The quantitative estimate of drug-likeness (QED) is 0.378. The van der Waals surface area contributed by atoms with Crippen LogP contribution in [0.5, 0.6) is 5.75 Å². The largest absolute Gasteiger partial charge is 0.492 e. The number of carbonyl (C=O) groups is 1. The van der Waals surface area contributed by atoms with Crippen molar-refractivity contribution in [3.8, 4) is 11.8 Å². The number of hydrogen-bond acceptors (Lipinski definition) is 3. The number of nitriles is 1. The van der Waals surface area contributed by atoms with Crippen molar-refractivity contribution in [1.29, 1.82) is 5.26 Å². The predicted octanol–water partition coefficient (Wildman–Crippen LogP) is 5.67. The Labute approximate surface area is 192 Å². The fourth-order valence-electron chi connectivity index (χ4n) is 3.30. The van der Waals surface area contributed by atoms with E-state index in [1.165, 1.54) is 5.56 Å². The molecule has 0 saturated carbocycles. The zero-order valence-electron chi connectivity index (χ0n) is 17.3. The molecule has 158 valence electrons. The summed E-state index contributed by atoms with van der Waals surface area (Å²) in [7, 11) is 0. The average molecular weight is 477 g/mol. The Bertz CT molecular complexity index is 1020. The Kier molecular flexibility index (Phi) is 8.69. The second-order valence-electron chi connectivity index (χ2n) is 7.16. The molecule has 31 heavy (non-hydrogen) atoms. The smallest absolute Gasteiger partial charge is 0.257 e. The first-order valence-electron chi connectivity index (χ1n) is 10.3. The summed E-state index contributed by atoms with van der Waals surface area (Å²) in [6.07, 6.45) is 1.78. The first-order valence-corrected chi connectivity index (χ1v) is 11.1. The minimum absolute atomic E-state index is 0.123. The van der Waals surface area contributed by atoms with Crippen molar-refractivity contribution >= 4 is 21.8 Å². The molecule has 3 aromatic rings. The molecule has 0 spiro atoms. The van der Waals surface area contributed by atoms with Crippen LogP contribution in [0.3, 0.4) is 0 Å². The van der Waals surface area contributed by atoms with Gasteiger partial charge in [-0.25, -0.2) is 0 Å². The molecule has 3 aromatic carbocycles. The lowest BCUT2D eigenvalue weighted by Crippen LogP contribution is -2.34. The number of amides is 1. The summed E-state index contributed by atoms with van der Waals surface area (Å²) in [4.78, 5) is 15.1. The lowest BCUT2D eigenvalue weighted by molar-refractivity contribution is 0.0756. The highest BCUT2D eigenvalue weighted by molar-refractivity contribution is 9.10. The van der Waals surface area contributed by atoms with Crippen molar-refractivity contribution < 1.29 is 9.53 Å². The molecule has 0 unspecified atom stereocenters. The second kappa shape index (κ2) is 11.9. The molecule has 0 aliphatic carbocycles. The lowest BCUT2D eigenvalue weighted by Gasteiger charge is -2.23. The molecule has 0 fully saturated rings. The molecule has 0 radical (unpaired) electrons. The third kappa shape index (κ3) is 6.97. The Morgan fingerprint density at radius 3 is 2.19 bits per heavy atom. The van der Waals surface area contributed by atoms with E-state index in [4.69, 9.17) is 10.00 Å². The lowest BCUT2D eigenvalue weighted by atomic mass is 10.1. The molecule has 4 nitrogen and oxygen atoms in total. The van der Waals surface area contributed by atoms with Gasteiger partial charge >= 0.3 is 0 Å². The van der Waals surface area contributed by atoms with Gasteiger partial charge in [0.1, 0.15) is 5.75 Å². The van der Waals surface area contributed by atoms with E-state index in [9.17, 15) is 4.79 Å². The number of carbonyl (C=O) groups excluding carboxylic acids is 1. The Morgan fingerprint density at radius 2 is 1.55 bits per heavy atom. The predicted molar refractivity (Wildman–Crippen MR) is 126 cm³/mol. The molecule has 0 aliphatic heterocycles. The molecule has 0 saturated heterocycles. The highest BCUT2D eigenvalue weighted by Crippen LogP contribution is 2.25. The van der Waals surface area contributed by atoms with E-state index < -0.39 is 0 Å². The van der Waals surface area contributed by atoms with E-state index in [0.29, 0.717) is 37.4 Å². The maximum Gasteiger partial charge on any atom is 0.257 e. The number of nitrogens with zero attached hydrogens (tertiary/aromatic N) is 2. The number of rotatable bonds is 10. The molecule has 3 rings (SSSR count). The van der Waals surface area contributed by atoms with Gasteiger partial charge in [-0.2, -0.15) is 5.26 Å². The fraction of sp³-hybridized carbons (Fsp3) is 0.231. The average Bonchev–Trinajstić information content (AvgIpc) is 2.81. The van der Waals surface area contributed by atoms with Crippen molar-refractivity contribution in [2.75, 3.05) is 19.7 Å². The first-order chi connectivity index (χ1) is 15.2. The summed E-state index contributed by atoms with van der Waals surface area (Å²) in [5.74, 6) is 0.438. The molecule has 0 atom stereocenters. The van der Waals surface area contributed by atoms with Gasteiger partial charge in [0, 0.05) is 24.0 Å². The van der Waals surface area contributed by atoms with Gasteiger partial charge in [-0.3, -0.25) is 4.79 Å². The van der Waals surface area contributed by atoms with E-state index in [-0.39, 0.29) is 5.91 Å². The maximum absolute atomic E-state index is 13.4. The van der Waals surface area contributed by atoms with E-state index in [2.05, 4.69) is 34.1 Å². The summed E-state index contributed by atoms with van der Waals surface area (Å²) in [6.45, 7) is 1.41. The van der Waals surface area contributed by atoms with Gasteiger partial charge in [-0.1, -0.05) is 76.6 Å². The van der Waals surface area contributed by atoms with Crippen LogP contribution in [0, 0.1) is 11.3 Å². The molecule has 0 heterocycles. The van der Waals surface area contributed by atoms with Crippen LogP contribution in [-0.4, -0.2) is 30.5 Å². The van der Waals surface area contributed by atoms with E-state index >= 15 is 0 Å². The summed E-state index contributed by atoms with van der Waals surface area (Å²) < 4.78 is 6.82. The Hall–Kier alpha value is -3.10. The van der Waals surface area contributed by atoms with Crippen molar-refractivity contribution in [2.24, 2.45) is 0 Å². The van der Waals surface area contributed by atoms with Crippen molar-refractivity contribution in [3.63, 3.8) is 0 Å². The third-order valence-corrected chi connectivity index (χ3v) is 5.45. The second-order valence-corrected chi connectivity index (χ2v) is 8.08. The SMILES string of the molecule is N#CCCN(CCc1ccccc1)C(=O)c1cc(Br)ccc1OCCc1ccccc1. The monoisotopic (exact) mass is 476 g/mol. The van der Waals surface area contributed by atoms with Crippen LogP contribution < -0.4 is 4.74 Å². The van der Waals surface area contributed by atoms with Gasteiger partial charge < -0.3 is 9.64 Å². The van der Waals surface area contributed by atoms with Gasteiger partial charge in [-0.15, -0.1) is 0 Å². The molecular weight excluding hydrogens is 452 g/mol. The highest BCUT2D eigenvalue weighted by Gasteiger charge is 2.20. The first kappa shape index (κ1) is 22.6. The molecule has 0 bridgehead atoms. The molecule has 0 aromatic heterocycles. The summed E-state index contributed by atoms with van der Waals surface area (Å²) in [5, 5.41) is 9.06. The summed E-state index contributed by atoms with van der Waals surface area (Å²) in [5.41, 5.74) is 2.85. The maximum atomic E-state index is 13.4. The van der Waals surface area contributed by atoms with Gasteiger partial charge in [0.25, 0.3) is 5.91 Å². The Balaban J connectivity index is 1.72. The standard InChI is InChI=1S/C26H25BrN2O2/c27-23-12-13-25(31-19-15-22-10-5-2-6-11-22)24(20-23)26(30)29(17-7-16-28)18-14-21-8-3-1-4-9-21/h1-6,8-13,20H,7,14-15,17-19H2. The molecular formula is C26H25BrN2O2. The number of halogens is 1. The van der Waals surface area contributed by atoms with Crippen molar-refractivity contribution in [2.45, 2.75) is 19.3 Å². The molecule has 0 N–H and O–H groups in total. The topological polar surface area (TPSA) is 53.3 Å². The zero-order valence-corrected chi connectivity index (χ0v) is 18.9. The Morgan fingerprint density at radius 1 is 0.903 bits per heavy atom. The molecule has 5 heteroatoms. The van der Waals surface area contributed by atoms with Crippen LogP contribution in [0.15, 0.2) is 83.3 Å². The van der Waals surface area contributed by atoms with Gasteiger partial charge in [0.05, 0.1) is 24.7 Å². The van der Waals surface area contributed by atoms with Crippen LogP contribution in [0.4, 0.5) is 0 Å². The normalized spacial score (nSPS) is 10.3. The molecule has 0 aliphatic rings. The molecule has 1 amide bonds. The van der Waals surface area contributed by atoms with Crippen LogP contribution in [0.1, 0.15) is 27.9 Å². The van der Waals surface area contributed by atoms with E-state index in [1.54, 1.807) is 11.0 Å². The van der Waals surface area contributed by atoms with Gasteiger partial charge in [-0.05, 0) is 35.7 Å². The minimum atomic E-state index is -0.123. The van der Waals surface area contributed by atoms with E-state index in [0.717, 1.165) is 22.9 Å². The number of ether oxygens (including phenoxy) is 1. The summed E-state index contributed by atoms with van der Waals surface area (Å²) >= 11 is 3.47. The van der Waals surface area contributed by atoms with Crippen LogP contribution in [0.25, 0.3) is 0 Å². The zero-order chi connectivity index (χ0) is 21.9. The van der Waals surface area contributed by atoms with E-state index in [1.807, 2.05) is 60.7 Å². The fourth-order valence-corrected chi connectivity index (χ4v) is 3.66. The highest BCUT2D eigenvalue weighted by atomic mass is 79.9. The van der Waals surface area contributed by atoms with Gasteiger partial charge in [0.15, 0.2) is 0 Å².